The molecule has 0 bridgehead atoms. The second-order valence-corrected chi connectivity index (χ2v) is 4.30. The lowest BCUT2D eigenvalue weighted by atomic mass is 10.2. The van der Waals surface area contributed by atoms with Crippen LogP contribution in [0.1, 0.15) is 6.92 Å². The van der Waals surface area contributed by atoms with E-state index in [1.165, 1.54) is 5.54 Å². The number of amides is 1. The molecular formula is C10H16Cl2N2O2. The summed E-state index contributed by atoms with van der Waals surface area (Å²) in [6, 6.07) is -0.261. The zero-order valence-electron chi connectivity index (χ0n) is 9.21. The fourth-order valence-corrected chi connectivity index (χ4v) is 1.59. The van der Waals surface area contributed by atoms with E-state index in [1.807, 2.05) is 6.92 Å². The summed E-state index contributed by atoms with van der Waals surface area (Å²) in [5.41, 5.74) is 1.29. The molecule has 16 heavy (non-hydrogen) atoms. The first kappa shape index (κ1) is 13.8. The number of hydrogen-bond donors (Lipinski definition) is 1. The summed E-state index contributed by atoms with van der Waals surface area (Å²) in [6.45, 7) is 4.76. The van der Waals surface area contributed by atoms with Gasteiger partial charge in [0.15, 0.2) is 0 Å². The third-order valence-corrected chi connectivity index (χ3v) is 3.01. The summed E-state index contributed by atoms with van der Waals surface area (Å²) >= 11 is 11.1. The van der Waals surface area contributed by atoms with E-state index in [-0.39, 0.29) is 11.9 Å². The van der Waals surface area contributed by atoms with Gasteiger partial charge in [0.1, 0.15) is 0 Å². The van der Waals surface area contributed by atoms with Crippen molar-refractivity contribution in [1.82, 2.24) is 10.2 Å². The van der Waals surface area contributed by atoms with E-state index in [2.05, 4.69) is 5.32 Å². The van der Waals surface area contributed by atoms with Gasteiger partial charge in [0.25, 0.3) is 0 Å². The molecule has 1 atom stereocenters. The van der Waals surface area contributed by atoms with Crippen molar-refractivity contribution in [3.05, 3.63) is 10.6 Å². The van der Waals surface area contributed by atoms with Crippen LogP contribution in [-0.4, -0.2) is 49.7 Å². The van der Waals surface area contributed by atoms with Crippen LogP contribution in [0.25, 0.3) is 0 Å². The number of carbonyl (C=O) groups is 1. The monoisotopic (exact) mass is 266 g/mol. The van der Waals surface area contributed by atoms with Crippen molar-refractivity contribution >= 4 is 29.1 Å². The van der Waals surface area contributed by atoms with E-state index in [9.17, 15) is 4.79 Å². The molecule has 0 aromatic carbocycles. The lowest BCUT2D eigenvalue weighted by Crippen LogP contribution is -2.49. The van der Waals surface area contributed by atoms with Crippen molar-refractivity contribution in [2.24, 2.45) is 0 Å². The highest BCUT2D eigenvalue weighted by molar-refractivity contribution is 6.36. The van der Waals surface area contributed by atoms with E-state index < -0.39 is 0 Å². The van der Waals surface area contributed by atoms with Crippen LogP contribution in [0.2, 0.25) is 0 Å². The molecule has 0 aliphatic carbocycles. The predicted molar refractivity (Wildman–Crippen MR) is 64.7 cm³/mol. The minimum atomic E-state index is -0.261. The van der Waals surface area contributed by atoms with Gasteiger partial charge in [0.05, 0.1) is 19.3 Å². The SMILES string of the molecule is CC(NCC(Cl)=CCl)C(=O)N1CCOCC1. The molecule has 1 unspecified atom stereocenters. The molecule has 1 aliphatic heterocycles. The second-order valence-electron chi connectivity index (χ2n) is 3.60. The normalized spacial score (nSPS) is 19.7. The summed E-state index contributed by atoms with van der Waals surface area (Å²) in [7, 11) is 0. The quantitative estimate of drug-likeness (QED) is 0.830. The average Bonchev–Trinajstić information content (AvgIpc) is 2.35. The maximum Gasteiger partial charge on any atom is 0.239 e. The van der Waals surface area contributed by atoms with E-state index in [1.54, 1.807) is 4.90 Å². The Morgan fingerprint density at radius 2 is 2.19 bits per heavy atom. The molecule has 1 fully saturated rings. The molecule has 1 aliphatic rings. The summed E-state index contributed by atoms with van der Waals surface area (Å²) < 4.78 is 5.18. The molecule has 0 aromatic heterocycles. The van der Waals surface area contributed by atoms with Gasteiger partial charge in [-0.3, -0.25) is 4.79 Å². The molecule has 0 radical (unpaired) electrons. The van der Waals surface area contributed by atoms with E-state index >= 15 is 0 Å². The first-order valence-electron chi connectivity index (χ1n) is 5.20. The number of halogens is 2. The lowest BCUT2D eigenvalue weighted by Gasteiger charge is -2.29. The highest BCUT2D eigenvalue weighted by atomic mass is 35.5. The molecule has 1 amide bonds. The number of ether oxygens (including phenoxy) is 1. The first-order valence-corrected chi connectivity index (χ1v) is 6.01. The molecule has 0 saturated carbocycles. The molecule has 1 rings (SSSR count). The highest BCUT2D eigenvalue weighted by Crippen LogP contribution is 2.04. The first-order chi connectivity index (χ1) is 7.65. The van der Waals surface area contributed by atoms with Crippen molar-refractivity contribution in [3.8, 4) is 0 Å². The van der Waals surface area contributed by atoms with Crippen molar-refractivity contribution in [3.63, 3.8) is 0 Å². The maximum atomic E-state index is 11.9. The zero-order valence-corrected chi connectivity index (χ0v) is 10.7. The maximum absolute atomic E-state index is 11.9. The molecule has 0 aromatic rings. The number of nitrogens with zero attached hydrogens (tertiary/aromatic N) is 1. The van der Waals surface area contributed by atoms with Crippen molar-refractivity contribution < 1.29 is 9.53 Å². The molecule has 1 heterocycles. The standard InChI is InChI=1S/C10H16Cl2N2O2/c1-8(13-7-9(12)6-11)10(15)14-2-4-16-5-3-14/h6,8,13H,2-5,7H2,1H3. The van der Waals surface area contributed by atoms with Gasteiger partial charge in [-0.05, 0) is 6.92 Å². The highest BCUT2D eigenvalue weighted by Gasteiger charge is 2.21. The minimum Gasteiger partial charge on any atom is -0.378 e. The number of carbonyl (C=O) groups excluding carboxylic acids is 1. The van der Waals surface area contributed by atoms with Gasteiger partial charge in [-0.1, -0.05) is 23.2 Å². The average molecular weight is 267 g/mol. The Labute approximate surface area is 106 Å². The van der Waals surface area contributed by atoms with Gasteiger partial charge >= 0.3 is 0 Å². The zero-order chi connectivity index (χ0) is 12.0. The summed E-state index contributed by atoms with van der Waals surface area (Å²) in [6.07, 6.45) is 0. The van der Waals surface area contributed by atoms with Crippen LogP contribution in [0.15, 0.2) is 10.6 Å². The van der Waals surface area contributed by atoms with Crippen molar-refractivity contribution in [2.45, 2.75) is 13.0 Å². The van der Waals surface area contributed by atoms with Crippen LogP contribution in [0.3, 0.4) is 0 Å². The lowest BCUT2D eigenvalue weighted by molar-refractivity contribution is -0.137. The fourth-order valence-electron chi connectivity index (χ4n) is 1.43. The largest absolute Gasteiger partial charge is 0.378 e. The van der Waals surface area contributed by atoms with E-state index in [0.717, 1.165) is 0 Å². The Balaban J connectivity index is 2.34. The Hall–Kier alpha value is -0.290. The van der Waals surface area contributed by atoms with Gasteiger partial charge in [-0.15, -0.1) is 0 Å². The molecule has 1 N–H and O–H groups in total. The molecule has 4 nitrogen and oxygen atoms in total. The van der Waals surface area contributed by atoms with Crippen molar-refractivity contribution in [2.75, 3.05) is 32.8 Å². The van der Waals surface area contributed by atoms with Gasteiger partial charge < -0.3 is 15.0 Å². The molecule has 1 saturated heterocycles. The van der Waals surface area contributed by atoms with Crippen LogP contribution < -0.4 is 5.32 Å². The Bertz CT molecular complexity index is 266. The summed E-state index contributed by atoms with van der Waals surface area (Å²) in [5.74, 6) is 0.0716. The third-order valence-electron chi connectivity index (χ3n) is 2.39. The molecule has 0 spiro atoms. The van der Waals surface area contributed by atoms with Crippen LogP contribution in [-0.2, 0) is 9.53 Å². The predicted octanol–water partition coefficient (Wildman–Crippen LogP) is 1.14. The van der Waals surface area contributed by atoms with E-state index in [0.29, 0.717) is 37.9 Å². The third kappa shape index (κ3) is 4.29. The Kier molecular flexibility index (Phi) is 6.13. The number of morpholine rings is 1. The van der Waals surface area contributed by atoms with Gasteiger partial charge in [-0.25, -0.2) is 0 Å². The van der Waals surface area contributed by atoms with Crippen LogP contribution in [0.5, 0.6) is 0 Å². The Morgan fingerprint density at radius 3 is 2.75 bits per heavy atom. The minimum absolute atomic E-state index is 0.0716. The number of hydrogen-bond acceptors (Lipinski definition) is 3. The molecule has 92 valence electrons. The smallest absolute Gasteiger partial charge is 0.239 e. The summed E-state index contributed by atoms with van der Waals surface area (Å²) in [4.78, 5) is 13.7. The Morgan fingerprint density at radius 1 is 1.56 bits per heavy atom. The van der Waals surface area contributed by atoms with Crippen LogP contribution in [0.4, 0.5) is 0 Å². The van der Waals surface area contributed by atoms with Gasteiger partial charge in [-0.2, -0.15) is 0 Å². The van der Waals surface area contributed by atoms with Gasteiger partial charge in [0.2, 0.25) is 5.91 Å². The number of nitrogens with one attached hydrogen (secondary N) is 1. The fraction of sp³-hybridized carbons (Fsp3) is 0.700. The second kappa shape index (κ2) is 7.12. The topological polar surface area (TPSA) is 41.6 Å². The number of rotatable bonds is 4. The van der Waals surface area contributed by atoms with Crippen LogP contribution in [0, 0.1) is 0 Å². The van der Waals surface area contributed by atoms with E-state index in [4.69, 9.17) is 27.9 Å². The summed E-state index contributed by atoms with van der Waals surface area (Å²) in [5, 5.41) is 3.50. The van der Waals surface area contributed by atoms with Gasteiger partial charge in [0, 0.05) is 30.2 Å². The molecular weight excluding hydrogens is 251 g/mol. The van der Waals surface area contributed by atoms with Crippen molar-refractivity contribution in [1.29, 1.82) is 0 Å². The van der Waals surface area contributed by atoms with Crippen LogP contribution >= 0.6 is 23.2 Å². The molecule has 6 heteroatoms.